The van der Waals surface area contributed by atoms with Crippen molar-refractivity contribution >= 4 is 0 Å². The normalized spacial score (nSPS) is 22.5. The molecule has 4 heteroatoms. The van der Waals surface area contributed by atoms with Crippen LogP contribution in [0.1, 0.15) is 59.3 Å². The van der Waals surface area contributed by atoms with E-state index < -0.39 is 12.2 Å². The minimum absolute atomic E-state index is 0.288. The zero-order valence-electron chi connectivity index (χ0n) is 17.1. The largest absolute Gasteiger partial charge is 0.487 e. The Kier molecular flexibility index (Phi) is 5.21. The summed E-state index contributed by atoms with van der Waals surface area (Å²) in [6, 6.07) is 12.3. The maximum atomic E-state index is 10.7. The van der Waals surface area contributed by atoms with E-state index in [4.69, 9.17) is 4.74 Å². The molecule has 1 fully saturated rings. The smallest absolute Gasteiger partial charge is 0.125 e. The molecule has 2 N–H and O–H groups in total. The Morgan fingerprint density at radius 1 is 1.07 bits per heavy atom. The highest BCUT2D eigenvalue weighted by molar-refractivity contribution is 5.41. The third kappa shape index (κ3) is 3.82. The van der Waals surface area contributed by atoms with Crippen LogP contribution in [0.4, 0.5) is 0 Å². The molecule has 0 radical (unpaired) electrons. The molecule has 2 heterocycles. The number of benzene rings is 2. The average Bonchev–Trinajstić information content (AvgIpc) is 2.67. The summed E-state index contributed by atoms with van der Waals surface area (Å²) >= 11 is 0. The lowest BCUT2D eigenvalue weighted by Crippen LogP contribution is -2.51. The summed E-state index contributed by atoms with van der Waals surface area (Å²) in [5, 5.41) is 21.4. The van der Waals surface area contributed by atoms with E-state index in [0.29, 0.717) is 13.0 Å². The summed E-state index contributed by atoms with van der Waals surface area (Å²) in [7, 11) is 0. The van der Waals surface area contributed by atoms with Crippen LogP contribution in [0.15, 0.2) is 36.4 Å². The molecule has 28 heavy (non-hydrogen) atoms. The Morgan fingerprint density at radius 2 is 1.82 bits per heavy atom. The van der Waals surface area contributed by atoms with Gasteiger partial charge in [0.1, 0.15) is 11.4 Å². The molecule has 4 nitrogen and oxygen atoms in total. The molecule has 1 spiro atoms. The topological polar surface area (TPSA) is 52.9 Å². The van der Waals surface area contributed by atoms with Gasteiger partial charge in [0, 0.05) is 31.6 Å². The van der Waals surface area contributed by atoms with Gasteiger partial charge in [-0.1, -0.05) is 29.8 Å². The number of nitrogens with zero attached hydrogens (tertiary/aromatic N) is 1. The molecule has 4 rings (SSSR count). The minimum Gasteiger partial charge on any atom is -0.487 e. The predicted octanol–water partition coefficient (Wildman–Crippen LogP) is 4.00. The molecule has 2 aromatic carbocycles. The number of likely N-dealkylation sites (tertiary alicyclic amines) is 1. The van der Waals surface area contributed by atoms with Crippen LogP contribution in [0, 0.1) is 20.8 Å². The summed E-state index contributed by atoms with van der Waals surface area (Å²) in [5.74, 6) is 0.827. The van der Waals surface area contributed by atoms with Crippen LogP contribution in [-0.4, -0.2) is 40.3 Å². The number of piperidine rings is 1. The molecule has 0 amide bonds. The number of hydrogen-bond donors (Lipinski definition) is 2. The van der Waals surface area contributed by atoms with Crippen LogP contribution < -0.4 is 4.74 Å². The standard InChI is InChI=1S/C24H31NO3/c1-16-4-7-23-20(12-16)21(26)14-24(28-23)8-10-25(11-9-24)15-22(27)19-6-5-17(2)18(3)13-19/h4-7,12-13,21-22,26-27H,8-11,14-15H2,1-3H3/t21-,22+/m1/s1. The highest BCUT2D eigenvalue weighted by Gasteiger charge is 2.43. The van der Waals surface area contributed by atoms with Gasteiger partial charge in [-0.25, -0.2) is 0 Å². The molecule has 0 unspecified atom stereocenters. The number of aryl methyl sites for hydroxylation is 3. The highest BCUT2D eigenvalue weighted by Crippen LogP contribution is 2.44. The van der Waals surface area contributed by atoms with Crippen molar-refractivity contribution in [3.05, 3.63) is 64.2 Å². The Bertz CT molecular complexity index is 855. The van der Waals surface area contributed by atoms with E-state index in [1.807, 2.05) is 31.2 Å². The number of hydrogen-bond acceptors (Lipinski definition) is 4. The van der Waals surface area contributed by atoms with E-state index in [9.17, 15) is 10.2 Å². The van der Waals surface area contributed by atoms with Gasteiger partial charge in [0.25, 0.3) is 0 Å². The van der Waals surface area contributed by atoms with Crippen molar-refractivity contribution in [3.8, 4) is 5.75 Å². The predicted molar refractivity (Wildman–Crippen MR) is 111 cm³/mol. The van der Waals surface area contributed by atoms with Gasteiger partial charge in [0.2, 0.25) is 0 Å². The van der Waals surface area contributed by atoms with E-state index in [1.165, 1.54) is 11.1 Å². The van der Waals surface area contributed by atoms with Gasteiger partial charge < -0.3 is 19.8 Å². The molecule has 0 saturated carbocycles. The first-order chi connectivity index (χ1) is 13.3. The zero-order valence-corrected chi connectivity index (χ0v) is 17.1. The van der Waals surface area contributed by atoms with E-state index >= 15 is 0 Å². The van der Waals surface area contributed by atoms with Gasteiger partial charge >= 0.3 is 0 Å². The fourth-order valence-electron chi connectivity index (χ4n) is 4.53. The van der Waals surface area contributed by atoms with Crippen LogP contribution in [-0.2, 0) is 0 Å². The summed E-state index contributed by atoms with van der Waals surface area (Å²) in [5.41, 5.74) is 5.22. The van der Waals surface area contributed by atoms with Crippen molar-refractivity contribution in [2.24, 2.45) is 0 Å². The SMILES string of the molecule is Cc1ccc2c(c1)[C@H](O)CC1(CCN(C[C@H](O)c3ccc(C)c(C)c3)CC1)O2. The molecule has 2 aliphatic heterocycles. The van der Waals surface area contributed by atoms with Crippen LogP contribution >= 0.6 is 0 Å². The lowest BCUT2D eigenvalue weighted by atomic mass is 9.81. The van der Waals surface area contributed by atoms with Crippen molar-refractivity contribution in [1.82, 2.24) is 4.90 Å². The molecule has 0 aromatic heterocycles. The molecule has 150 valence electrons. The number of fused-ring (bicyclic) bond motifs is 1. The van der Waals surface area contributed by atoms with Crippen molar-refractivity contribution in [3.63, 3.8) is 0 Å². The van der Waals surface area contributed by atoms with Crippen molar-refractivity contribution in [2.45, 2.75) is 57.8 Å². The fourth-order valence-corrected chi connectivity index (χ4v) is 4.53. The Morgan fingerprint density at radius 3 is 2.54 bits per heavy atom. The van der Waals surface area contributed by atoms with E-state index in [2.05, 4.69) is 30.9 Å². The number of rotatable bonds is 3. The number of β-amino-alcohol motifs (C(OH)–C–C–N with tert-alkyl or cyclic N) is 1. The zero-order chi connectivity index (χ0) is 19.9. The van der Waals surface area contributed by atoms with Crippen molar-refractivity contribution < 1.29 is 14.9 Å². The molecule has 2 aromatic rings. The molecule has 2 aliphatic rings. The van der Waals surface area contributed by atoms with Gasteiger partial charge in [-0.05, 0) is 62.4 Å². The molecular formula is C24H31NO3. The second kappa shape index (κ2) is 7.51. The fraction of sp³-hybridized carbons (Fsp3) is 0.500. The lowest BCUT2D eigenvalue weighted by molar-refractivity contribution is -0.0588. The maximum absolute atomic E-state index is 10.7. The first-order valence-electron chi connectivity index (χ1n) is 10.3. The lowest BCUT2D eigenvalue weighted by Gasteiger charge is -2.46. The summed E-state index contributed by atoms with van der Waals surface area (Å²) in [6.07, 6.45) is 1.46. The Hall–Kier alpha value is -1.88. The minimum atomic E-state index is -0.477. The summed E-state index contributed by atoms with van der Waals surface area (Å²) in [4.78, 5) is 2.31. The second-order valence-electron chi connectivity index (χ2n) is 8.71. The Labute approximate surface area is 167 Å². The van der Waals surface area contributed by atoms with E-state index in [0.717, 1.165) is 48.4 Å². The third-order valence-electron chi connectivity index (χ3n) is 6.53. The highest BCUT2D eigenvalue weighted by atomic mass is 16.5. The summed E-state index contributed by atoms with van der Waals surface area (Å²) in [6.45, 7) is 8.59. The van der Waals surface area contributed by atoms with Crippen molar-refractivity contribution in [2.75, 3.05) is 19.6 Å². The second-order valence-corrected chi connectivity index (χ2v) is 8.71. The van der Waals surface area contributed by atoms with Crippen LogP contribution in [0.2, 0.25) is 0 Å². The first kappa shape index (κ1) is 19.4. The number of aliphatic hydroxyl groups is 2. The summed E-state index contributed by atoms with van der Waals surface area (Å²) < 4.78 is 6.40. The van der Waals surface area contributed by atoms with Gasteiger partial charge in [-0.3, -0.25) is 0 Å². The molecule has 0 aliphatic carbocycles. The third-order valence-corrected chi connectivity index (χ3v) is 6.53. The van der Waals surface area contributed by atoms with Crippen LogP contribution in [0.5, 0.6) is 5.75 Å². The van der Waals surface area contributed by atoms with Crippen LogP contribution in [0.3, 0.4) is 0 Å². The van der Waals surface area contributed by atoms with Crippen molar-refractivity contribution in [1.29, 1.82) is 0 Å². The van der Waals surface area contributed by atoms with E-state index in [-0.39, 0.29) is 5.60 Å². The van der Waals surface area contributed by atoms with Crippen LogP contribution in [0.25, 0.3) is 0 Å². The van der Waals surface area contributed by atoms with Gasteiger partial charge in [-0.2, -0.15) is 0 Å². The molecule has 2 atom stereocenters. The quantitative estimate of drug-likeness (QED) is 0.844. The van der Waals surface area contributed by atoms with Gasteiger partial charge in [-0.15, -0.1) is 0 Å². The van der Waals surface area contributed by atoms with Gasteiger partial charge in [0.15, 0.2) is 0 Å². The monoisotopic (exact) mass is 381 g/mol. The Balaban J connectivity index is 1.39. The number of aliphatic hydroxyl groups excluding tert-OH is 2. The molecule has 1 saturated heterocycles. The molecular weight excluding hydrogens is 350 g/mol. The average molecular weight is 382 g/mol. The van der Waals surface area contributed by atoms with Gasteiger partial charge in [0.05, 0.1) is 12.2 Å². The first-order valence-corrected chi connectivity index (χ1v) is 10.3. The molecule has 0 bridgehead atoms. The number of ether oxygens (including phenoxy) is 1. The maximum Gasteiger partial charge on any atom is 0.125 e. The van der Waals surface area contributed by atoms with E-state index in [1.54, 1.807) is 0 Å².